The molecule has 12 heavy (non-hydrogen) atoms. The molecule has 0 aliphatic heterocycles. The van der Waals surface area contributed by atoms with Crippen molar-refractivity contribution in [2.24, 2.45) is 5.92 Å². The highest BCUT2D eigenvalue weighted by Crippen LogP contribution is 2.26. The molecule has 1 aliphatic carbocycles. The maximum absolute atomic E-state index is 11.7. The van der Waals surface area contributed by atoms with E-state index in [9.17, 15) is 13.2 Å². The maximum atomic E-state index is 11.7. The Hall–Kier alpha value is -0.250. The fourth-order valence-corrected chi connectivity index (χ4v) is 1.49. The summed E-state index contributed by atoms with van der Waals surface area (Å²) in [6.45, 7) is 2.18. The van der Waals surface area contributed by atoms with E-state index in [0.717, 1.165) is 12.8 Å². The Bertz CT molecular complexity index is 138. The lowest BCUT2D eigenvalue weighted by atomic mass is 9.82. The van der Waals surface area contributed by atoms with Gasteiger partial charge in [-0.15, -0.1) is 0 Å². The molecule has 0 atom stereocenters. The third-order valence-corrected chi connectivity index (χ3v) is 2.22. The zero-order valence-electron chi connectivity index (χ0n) is 7.12. The van der Waals surface area contributed by atoms with E-state index >= 15 is 0 Å². The number of hydrogen-bond acceptors (Lipinski definition) is 1. The van der Waals surface area contributed by atoms with E-state index in [0.29, 0.717) is 12.0 Å². The molecule has 0 spiro atoms. The number of rotatable bonds is 3. The summed E-state index contributed by atoms with van der Waals surface area (Å²) < 4.78 is 35.0. The van der Waals surface area contributed by atoms with Gasteiger partial charge < -0.3 is 5.32 Å². The second-order valence-electron chi connectivity index (χ2n) is 3.59. The second kappa shape index (κ2) is 3.64. The Balaban J connectivity index is 1.97. The van der Waals surface area contributed by atoms with E-state index in [1.807, 2.05) is 0 Å². The monoisotopic (exact) mass is 181 g/mol. The largest absolute Gasteiger partial charge is 0.390 e. The van der Waals surface area contributed by atoms with Gasteiger partial charge in [-0.1, -0.05) is 6.92 Å². The van der Waals surface area contributed by atoms with Gasteiger partial charge in [0, 0.05) is 12.6 Å². The maximum Gasteiger partial charge on any atom is 0.390 e. The van der Waals surface area contributed by atoms with E-state index in [1.54, 1.807) is 0 Å². The third-order valence-electron chi connectivity index (χ3n) is 2.22. The molecule has 1 rings (SSSR count). The predicted molar refractivity (Wildman–Crippen MR) is 40.9 cm³/mol. The average molecular weight is 181 g/mol. The fourth-order valence-electron chi connectivity index (χ4n) is 1.49. The summed E-state index contributed by atoms with van der Waals surface area (Å²) in [5.74, 6) is 0.688. The van der Waals surface area contributed by atoms with Gasteiger partial charge >= 0.3 is 6.18 Å². The van der Waals surface area contributed by atoms with Crippen LogP contribution in [0.25, 0.3) is 0 Å². The van der Waals surface area contributed by atoms with Crippen molar-refractivity contribution < 1.29 is 13.2 Å². The normalized spacial score (nSPS) is 30.0. The van der Waals surface area contributed by atoms with E-state index in [4.69, 9.17) is 0 Å². The first-order chi connectivity index (χ1) is 5.47. The van der Waals surface area contributed by atoms with Gasteiger partial charge in [-0.2, -0.15) is 13.2 Å². The first kappa shape index (κ1) is 9.84. The molecular weight excluding hydrogens is 167 g/mol. The van der Waals surface area contributed by atoms with Crippen LogP contribution in [0.4, 0.5) is 13.2 Å². The van der Waals surface area contributed by atoms with Crippen LogP contribution in [0.5, 0.6) is 0 Å². The van der Waals surface area contributed by atoms with Gasteiger partial charge in [0.2, 0.25) is 0 Å². The minimum atomic E-state index is -4.01. The molecule has 1 N–H and O–H groups in total. The minimum Gasteiger partial charge on any atom is -0.314 e. The topological polar surface area (TPSA) is 12.0 Å². The zero-order chi connectivity index (χ0) is 9.19. The van der Waals surface area contributed by atoms with Crippen molar-refractivity contribution in [2.45, 2.75) is 38.4 Å². The smallest absolute Gasteiger partial charge is 0.314 e. The van der Waals surface area contributed by atoms with E-state index in [-0.39, 0.29) is 6.54 Å². The molecule has 1 saturated carbocycles. The first-order valence-corrected chi connectivity index (χ1v) is 4.27. The van der Waals surface area contributed by atoms with Gasteiger partial charge in [-0.05, 0) is 18.8 Å². The van der Waals surface area contributed by atoms with E-state index in [1.165, 1.54) is 0 Å². The Morgan fingerprint density at radius 2 is 1.92 bits per heavy atom. The molecule has 0 aromatic carbocycles. The Labute approximate surface area is 70.3 Å². The summed E-state index contributed by atoms with van der Waals surface area (Å²) in [5.41, 5.74) is 0. The van der Waals surface area contributed by atoms with Crippen LogP contribution in [0.1, 0.15) is 26.2 Å². The Kier molecular flexibility index (Phi) is 2.99. The lowest BCUT2D eigenvalue weighted by molar-refractivity contribution is -0.134. The van der Waals surface area contributed by atoms with Gasteiger partial charge in [0.05, 0.1) is 6.42 Å². The standard InChI is InChI=1S/C8H14F3N/c1-6-4-7(5-6)12-3-2-8(9,10)11/h6-7,12H,2-5H2,1H3. The van der Waals surface area contributed by atoms with Crippen LogP contribution in [0.2, 0.25) is 0 Å². The molecule has 0 heterocycles. The molecule has 0 saturated heterocycles. The van der Waals surface area contributed by atoms with Gasteiger partial charge in [-0.25, -0.2) is 0 Å². The Morgan fingerprint density at radius 1 is 1.33 bits per heavy atom. The van der Waals surface area contributed by atoms with Crippen molar-refractivity contribution in [1.29, 1.82) is 0 Å². The van der Waals surface area contributed by atoms with Gasteiger partial charge in [0.15, 0.2) is 0 Å². The van der Waals surface area contributed by atoms with Crippen molar-refractivity contribution in [1.82, 2.24) is 5.32 Å². The van der Waals surface area contributed by atoms with Crippen LogP contribution in [0, 0.1) is 5.92 Å². The summed E-state index contributed by atoms with van der Waals surface area (Å²) in [6.07, 6.45) is -2.67. The molecule has 1 aliphatic rings. The lowest BCUT2D eigenvalue weighted by Gasteiger charge is -2.33. The van der Waals surface area contributed by atoms with Crippen LogP contribution in [0.15, 0.2) is 0 Å². The molecule has 1 fully saturated rings. The molecule has 72 valence electrons. The summed E-state index contributed by atoms with van der Waals surface area (Å²) >= 11 is 0. The van der Waals surface area contributed by atoms with Crippen molar-refractivity contribution in [3.63, 3.8) is 0 Å². The molecule has 0 bridgehead atoms. The highest BCUT2D eigenvalue weighted by Gasteiger charge is 2.29. The first-order valence-electron chi connectivity index (χ1n) is 4.27. The zero-order valence-corrected chi connectivity index (χ0v) is 7.12. The molecule has 0 amide bonds. The molecule has 4 heteroatoms. The Morgan fingerprint density at radius 3 is 2.33 bits per heavy atom. The van der Waals surface area contributed by atoms with Gasteiger partial charge in [-0.3, -0.25) is 0 Å². The van der Waals surface area contributed by atoms with E-state index < -0.39 is 12.6 Å². The van der Waals surface area contributed by atoms with Crippen molar-refractivity contribution in [3.8, 4) is 0 Å². The summed E-state index contributed by atoms with van der Waals surface area (Å²) in [6, 6.07) is 0.336. The quantitative estimate of drug-likeness (QED) is 0.704. The van der Waals surface area contributed by atoms with Gasteiger partial charge in [0.1, 0.15) is 0 Å². The van der Waals surface area contributed by atoms with Crippen LogP contribution in [-0.2, 0) is 0 Å². The summed E-state index contributed by atoms with van der Waals surface area (Å²) in [5, 5.41) is 2.89. The molecule has 0 aromatic heterocycles. The average Bonchev–Trinajstić information content (AvgIpc) is 1.81. The van der Waals surface area contributed by atoms with Crippen LogP contribution in [0.3, 0.4) is 0 Å². The summed E-state index contributed by atoms with van der Waals surface area (Å²) in [4.78, 5) is 0. The van der Waals surface area contributed by atoms with Gasteiger partial charge in [0.25, 0.3) is 0 Å². The molecular formula is C8H14F3N. The lowest BCUT2D eigenvalue weighted by Crippen LogP contribution is -2.41. The minimum absolute atomic E-state index is 0.0703. The SMILES string of the molecule is CC1CC(NCCC(F)(F)F)C1. The predicted octanol–water partition coefficient (Wildman–Crippen LogP) is 2.33. The van der Waals surface area contributed by atoms with Crippen LogP contribution in [-0.4, -0.2) is 18.8 Å². The van der Waals surface area contributed by atoms with Crippen molar-refractivity contribution in [2.75, 3.05) is 6.54 Å². The van der Waals surface area contributed by atoms with Crippen LogP contribution >= 0.6 is 0 Å². The molecule has 0 aromatic rings. The van der Waals surface area contributed by atoms with Crippen LogP contribution < -0.4 is 5.32 Å². The fraction of sp³-hybridized carbons (Fsp3) is 1.00. The molecule has 1 nitrogen and oxygen atoms in total. The second-order valence-corrected chi connectivity index (χ2v) is 3.59. The number of hydrogen-bond donors (Lipinski definition) is 1. The highest BCUT2D eigenvalue weighted by molar-refractivity contribution is 4.82. The highest BCUT2D eigenvalue weighted by atomic mass is 19.4. The van der Waals surface area contributed by atoms with E-state index in [2.05, 4.69) is 12.2 Å². The molecule has 0 unspecified atom stereocenters. The molecule has 0 radical (unpaired) electrons. The van der Waals surface area contributed by atoms with Crippen molar-refractivity contribution in [3.05, 3.63) is 0 Å². The third kappa shape index (κ3) is 3.43. The number of nitrogens with one attached hydrogen (secondary N) is 1. The number of halogens is 3. The number of alkyl halides is 3. The van der Waals surface area contributed by atoms with Crippen molar-refractivity contribution >= 4 is 0 Å². The summed E-state index contributed by atoms with van der Waals surface area (Å²) in [7, 11) is 0.